The van der Waals surface area contributed by atoms with Gasteiger partial charge in [-0.3, -0.25) is 0 Å². The van der Waals surface area contributed by atoms with Gasteiger partial charge in [0.15, 0.2) is 0 Å². The predicted octanol–water partition coefficient (Wildman–Crippen LogP) is 4.47. The Hall–Kier alpha value is -3.88. The Bertz CT molecular complexity index is 1320. The van der Waals surface area contributed by atoms with E-state index < -0.39 is 12.3 Å². The molecule has 0 aliphatic heterocycles. The summed E-state index contributed by atoms with van der Waals surface area (Å²) in [5.74, 6) is -0.601. The first-order chi connectivity index (χ1) is 14.6. The molecule has 0 unspecified atom stereocenters. The number of halogens is 2. The van der Waals surface area contributed by atoms with Gasteiger partial charge in [0, 0.05) is 30.9 Å². The molecule has 5 rings (SSSR count). The molecule has 30 heavy (non-hydrogen) atoms. The van der Waals surface area contributed by atoms with Crippen LogP contribution in [-0.2, 0) is 13.6 Å². The van der Waals surface area contributed by atoms with Gasteiger partial charge in [-0.05, 0) is 29.8 Å². The van der Waals surface area contributed by atoms with Gasteiger partial charge in [0.1, 0.15) is 0 Å². The van der Waals surface area contributed by atoms with Gasteiger partial charge in [0.25, 0.3) is 5.89 Å². The van der Waals surface area contributed by atoms with Gasteiger partial charge in [0.05, 0.1) is 29.4 Å². The number of imidazole rings is 2. The van der Waals surface area contributed by atoms with E-state index in [-0.39, 0.29) is 5.89 Å². The number of hydrogen-bond acceptors (Lipinski definition) is 5. The largest absolute Gasteiger partial charge is 0.415 e. The summed E-state index contributed by atoms with van der Waals surface area (Å²) in [6.07, 6.45) is 2.77. The molecule has 0 aliphatic carbocycles. The van der Waals surface area contributed by atoms with Crippen LogP contribution in [-0.4, -0.2) is 29.3 Å². The van der Waals surface area contributed by atoms with Crippen molar-refractivity contribution < 1.29 is 13.2 Å². The maximum Gasteiger partial charge on any atom is 0.314 e. The number of rotatable bonds is 5. The van der Waals surface area contributed by atoms with Crippen molar-refractivity contribution in [1.29, 1.82) is 0 Å². The van der Waals surface area contributed by atoms with Crippen LogP contribution < -0.4 is 0 Å². The van der Waals surface area contributed by atoms with Crippen LogP contribution in [0.25, 0.3) is 33.7 Å². The lowest BCUT2D eigenvalue weighted by atomic mass is 10.1. The Balaban J connectivity index is 1.33. The molecule has 0 atom stereocenters. The molecule has 0 bridgehead atoms. The van der Waals surface area contributed by atoms with Crippen LogP contribution in [0, 0.1) is 0 Å². The van der Waals surface area contributed by atoms with Crippen LogP contribution in [0.4, 0.5) is 8.78 Å². The Morgan fingerprint density at radius 2 is 1.77 bits per heavy atom. The fraction of sp³-hybridized carbons (Fsp3) is 0.143. The first kappa shape index (κ1) is 18.2. The van der Waals surface area contributed by atoms with Crippen molar-refractivity contribution in [2.75, 3.05) is 0 Å². The normalized spacial score (nSPS) is 11.6. The van der Waals surface area contributed by atoms with Crippen LogP contribution in [0.5, 0.6) is 0 Å². The highest BCUT2D eigenvalue weighted by molar-refractivity contribution is 5.81. The molecule has 0 saturated carbocycles. The Labute approximate surface area is 169 Å². The molecule has 150 valence electrons. The van der Waals surface area contributed by atoms with Gasteiger partial charge in [-0.2, -0.15) is 8.78 Å². The van der Waals surface area contributed by atoms with Gasteiger partial charge in [-0.25, -0.2) is 9.97 Å². The summed E-state index contributed by atoms with van der Waals surface area (Å²) in [7, 11) is 1.96. The molecule has 0 amide bonds. The highest BCUT2D eigenvalue weighted by Crippen LogP contribution is 2.25. The van der Waals surface area contributed by atoms with Crippen molar-refractivity contribution in [3.05, 3.63) is 72.8 Å². The minimum atomic E-state index is -2.78. The zero-order chi connectivity index (χ0) is 20.7. The molecule has 9 heteroatoms. The highest BCUT2D eigenvalue weighted by Gasteiger charge is 2.16. The Kier molecular flexibility index (Phi) is 4.35. The van der Waals surface area contributed by atoms with Crippen molar-refractivity contribution in [3.63, 3.8) is 0 Å². The van der Waals surface area contributed by atoms with E-state index in [1.165, 1.54) is 0 Å². The summed E-state index contributed by atoms with van der Waals surface area (Å²) < 4.78 is 34.1. The van der Waals surface area contributed by atoms with E-state index in [1.807, 2.05) is 52.7 Å². The standard InChI is InChI=1S/C21H16F2N6O/c1-28-11-24-16-8-15(6-7-18(16)28)17-10-29(12-25-17)9-13-2-4-14(5-3-13)20-26-27-21(30-20)19(22)23/h2-8,10-12,19H,9H2,1H3. The van der Waals surface area contributed by atoms with E-state index in [9.17, 15) is 8.78 Å². The quantitative estimate of drug-likeness (QED) is 0.430. The zero-order valence-corrected chi connectivity index (χ0v) is 15.9. The number of benzene rings is 2. The predicted molar refractivity (Wildman–Crippen MR) is 106 cm³/mol. The second-order valence-corrected chi connectivity index (χ2v) is 6.93. The third kappa shape index (κ3) is 3.34. The summed E-state index contributed by atoms with van der Waals surface area (Å²) in [6, 6.07) is 13.4. The van der Waals surface area contributed by atoms with Crippen molar-refractivity contribution >= 4 is 11.0 Å². The minimum absolute atomic E-state index is 0.0756. The van der Waals surface area contributed by atoms with Crippen LogP contribution >= 0.6 is 0 Å². The third-order valence-corrected chi connectivity index (χ3v) is 4.85. The van der Waals surface area contributed by atoms with Crippen LogP contribution in [0.1, 0.15) is 17.9 Å². The molecule has 5 aromatic rings. The summed E-state index contributed by atoms with van der Waals surface area (Å²) in [5.41, 5.74) is 5.48. The first-order valence-corrected chi connectivity index (χ1v) is 9.21. The number of alkyl halides is 2. The number of hydrogen-bond donors (Lipinski definition) is 0. The van der Waals surface area contributed by atoms with Crippen molar-refractivity contribution in [3.8, 4) is 22.7 Å². The van der Waals surface area contributed by atoms with E-state index in [4.69, 9.17) is 4.42 Å². The van der Waals surface area contributed by atoms with Gasteiger partial charge in [-0.1, -0.05) is 18.2 Å². The van der Waals surface area contributed by atoms with Gasteiger partial charge in [0.2, 0.25) is 5.89 Å². The lowest BCUT2D eigenvalue weighted by molar-refractivity contribution is 0.116. The molecule has 7 nitrogen and oxygen atoms in total. The average molecular weight is 406 g/mol. The molecule has 0 aliphatic rings. The van der Waals surface area contributed by atoms with E-state index >= 15 is 0 Å². The number of fused-ring (bicyclic) bond motifs is 1. The number of aryl methyl sites for hydroxylation is 1. The minimum Gasteiger partial charge on any atom is -0.415 e. The molecule has 0 radical (unpaired) electrons. The second-order valence-electron chi connectivity index (χ2n) is 6.93. The second kappa shape index (κ2) is 7.18. The fourth-order valence-electron chi connectivity index (χ4n) is 3.29. The van der Waals surface area contributed by atoms with E-state index in [0.717, 1.165) is 27.9 Å². The molecule has 0 N–H and O–H groups in total. The molecule has 0 saturated heterocycles. The number of nitrogens with zero attached hydrogens (tertiary/aromatic N) is 6. The summed E-state index contributed by atoms with van der Waals surface area (Å²) in [6.45, 7) is 0.616. The van der Waals surface area contributed by atoms with Gasteiger partial charge in [-0.15, -0.1) is 10.2 Å². The molecule has 0 spiro atoms. The lowest BCUT2D eigenvalue weighted by Gasteiger charge is -2.03. The molecule has 3 aromatic heterocycles. The van der Waals surface area contributed by atoms with E-state index in [1.54, 1.807) is 24.8 Å². The molecular formula is C21H16F2N6O. The Morgan fingerprint density at radius 1 is 0.967 bits per heavy atom. The molecule has 3 heterocycles. The zero-order valence-electron chi connectivity index (χ0n) is 15.9. The summed E-state index contributed by atoms with van der Waals surface area (Å²) >= 11 is 0. The maximum atomic E-state index is 12.6. The van der Waals surface area contributed by atoms with Crippen LogP contribution in [0.3, 0.4) is 0 Å². The van der Waals surface area contributed by atoms with Crippen LogP contribution in [0.15, 0.2) is 65.7 Å². The van der Waals surface area contributed by atoms with Crippen LogP contribution in [0.2, 0.25) is 0 Å². The summed E-state index contributed by atoms with van der Waals surface area (Å²) in [4.78, 5) is 8.90. The number of aromatic nitrogens is 6. The smallest absolute Gasteiger partial charge is 0.314 e. The molecular weight excluding hydrogens is 390 g/mol. The van der Waals surface area contributed by atoms with E-state index in [2.05, 4.69) is 20.2 Å². The average Bonchev–Trinajstić information content (AvgIpc) is 3.49. The first-order valence-electron chi connectivity index (χ1n) is 9.21. The van der Waals surface area contributed by atoms with Crippen molar-refractivity contribution in [2.24, 2.45) is 7.05 Å². The highest BCUT2D eigenvalue weighted by atomic mass is 19.3. The van der Waals surface area contributed by atoms with Gasteiger partial charge < -0.3 is 13.6 Å². The van der Waals surface area contributed by atoms with E-state index in [0.29, 0.717) is 12.1 Å². The molecule has 0 fully saturated rings. The third-order valence-electron chi connectivity index (χ3n) is 4.85. The monoisotopic (exact) mass is 406 g/mol. The SMILES string of the molecule is Cn1cnc2cc(-c3cn(Cc4ccc(-c5nnc(C(F)F)o5)cc4)cn3)ccc21. The topological polar surface area (TPSA) is 74.6 Å². The Morgan fingerprint density at radius 3 is 2.53 bits per heavy atom. The van der Waals surface area contributed by atoms with Gasteiger partial charge >= 0.3 is 6.43 Å². The molecule has 2 aromatic carbocycles. The van der Waals surface area contributed by atoms with Crippen molar-refractivity contribution in [1.82, 2.24) is 29.3 Å². The summed E-state index contributed by atoms with van der Waals surface area (Å²) in [5, 5.41) is 7.01. The lowest BCUT2D eigenvalue weighted by Crippen LogP contribution is -1.96. The van der Waals surface area contributed by atoms with Crippen molar-refractivity contribution in [2.45, 2.75) is 13.0 Å². The fourth-order valence-corrected chi connectivity index (χ4v) is 3.29. The maximum absolute atomic E-state index is 12.6.